The van der Waals surface area contributed by atoms with Gasteiger partial charge in [0.25, 0.3) is 10.0 Å². The molecule has 0 N–H and O–H groups in total. The highest BCUT2D eigenvalue weighted by molar-refractivity contribution is 7.93. The van der Waals surface area contributed by atoms with E-state index in [1.807, 2.05) is 60.7 Å². The van der Waals surface area contributed by atoms with Crippen molar-refractivity contribution in [2.75, 3.05) is 4.31 Å². The van der Waals surface area contributed by atoms with Crippen LogP contribution in [0.5, 0.6) is 0 Å². The first kappa shape index (κ1) is 18.9. The molecule has 0 amide bonds. The van der Waals surface area contributed by atoms with Crippen molar-refractivity contribution in [2.24, 2.45) is 7.05 Å². The van der Waals surface area contributed by atoms with Crippen LogP contribution in [0.25, 0.3) is 11.3 Å². The van der Waals surface area contributed by atoms with Gasteiger partial charge in [-0.05, 0) is 17.7 Å². The van der Waals surface area contributed by atoms with Gasteiger partial charge < -0.3 is 0 Å². The van der Waals surface area contributed by atoms with Gasteiger partial charge in [-0.25, -0.2) is 17.7 Å². The van der Waals surface area contributed by atoms with Crippen molar-refractivity contribution in [2.45, 2.75) is 11.4 Å². The Bertz CT molecular complexity index is 1190. The van der Waals surface area contributed by atoms with Gasteiger partial charge in [-0.3, -0.25) is 4.68 Å². The minimum atomic E-state index is -3.92. The summed E-state index contributed by atoms with van der Waals surface area (Å²) in [5.74, 6) is 0.360. The maximum atomic E-state index is 13.8. The minimum absolute atomic E-state index is 0.146. The quantitative estimate of drug-likeness (QED) is 0.489. The number of nitrogens with zero attached hydrogens (tertiary/aromatic N) is 4. The molecule has 29 heavy (non-hydrogen) atoms. The van der Waals surface area contributed by atoms with Crippen LogP contribution in [0, 0.1) is 0 Å². The maximum absolute atomic E-state index is 13.8. The van der Waals surface area contributed by atoms with Crippen molar-refractivity contribution >= 4 is 15.8 Å². The predicted octanol–water partition coefficient (Wildman–Crippen LogP) is 3.88. The second-order valence-electron chi connectivity index (χ2n) is 6.57. The fourth-order valence-electron chi connectivity index (χ4n) is 3.11. The van der Waals surface area contributed by atoms with Gasteiger partial charge in [0.15, 0.2) is 0 Å². The molecule has 0 aliphatic rings. The Hall–Kier alpha value is -3.45. The van der Waals surface area contributed by atoms with Gasteiger partial charge in [0, 0.05) is 25.0 Å². The van der Waals surface area contributed by atoms with E-state index < -0.39 is 10.0 Å². The summed E-state index contributed by atoms with van der Waals surface area (Å²) >= 11 is 0. The summed E-state index contributed by atoms with van der Waals surface area (Å²) in [6.07, 6.45) is 3.13. The molecule has 0 atom stereocenters. The SMILES string of the molecule is Cn1cc(S(=O)(=O)N(Cc2ccccc2)c2ccccn2)c(-c2ccccc2)n1. The molecule has 7 heteroatoms. The topological polar surface area (TPSA) is 68.1 Å². The number of pyridine rings is 1. The lowest BCUT2D eigenvalue weighted by Gasteiger charge is -2.23. The maximum Gasteiger partial charge on any atom is 0.269 e. The van der Waals surface area contributed by atoms with Gasteiger partial charge in [0.05, 0.1) is 6.54 Å². The van der Waals surface area contributed by atoms with E-state index in [0.29, 0.717) is 11.5 Å². The lowest BCUT2D eigenvalue weighted by molar-refractivity contribution is 0.590. The Morgan fingerprint density at radius 1 is 0.897 bits per heavy atom. The molecule has 2 aromatic carbocycles. The smallest absolute Gasteiger partial charge is 0.269 e. The van der Waals surface area contributed by atoms with E-state index in [9.17, 15) is 8.42 Å². The molecule has 0 saturated carbocycles. The van der Waals surface area contributed by atoms with Crippen LogP contribution < -0.4 is 4.31 Å². The second kappa shape index (κ2) is 7.89. The molecular formula is C22H20N4O2S. The number of sulfonamides is 1. The molecule has 2 heterocycles. The monoisotopic (exact) mass is 404 g/mol. The van der Waals surface area contributed by atoms with E-state index >= 15 is 0 Å². The molecule has 4 rings (SSSR count). The Balaban J connectivity index is 1.85. The van der Waals surface area contributed by atoms with E-state index in [-0.39, 0.29) is 11.4 Å². The Morgan fingerprint density at radius 3 is 2.21 bits per heavy atom. The number of hydrogen-bond donors (Lipinski definition) is 0. The molecule has 146 valence electrons. The number of anilines is 1. The van der Waals surface area contributed by atoms with Crippen LogP contribution >= 0.6 is 0 Å². The van der Waals surface area contributed by atoms with E-state index in [0.717, 1.165) is 11.1 Å². The summed E-state index contributed by atoms with van der Waals surface area (Å²) in [6.45, 7) is 0.170. The van der Waals surface area contributed by atoms with Gasteiger partial charge in [0.1, 0.15) is 16.4 Å². The first-order valence-electron chi connectivity index (χ1n) is 9.12. The van der Waals surface area contributed by atoms with Crippen LogP contribution in [-0.2, 0) is 23.6 Å². The zero-order chi connectivity index (χ0) is 20.3. The number of aryl methyl sites for hydroxylation is 1. The highest BCUT2D eigenvalue weighted by Crippen LogP contribution is 2.31. The molecular weight excluding hydrogens is 384 g/mol. The van der Waals surface area contributed by atoms with E-state index in [2.05, 4.69) is 10.1 Å². The van der Waals surface area contributed by atoms with Crippen LogP contribution in [-0.4, -0.2) is 23.2 Å². The van der Waals surface area contributed by atoms with Crippen molar-refractivity contribution in [1.82, 2.24) is 14.8 Å². The third-order valence-corrected chi connectivity index (χ3v) is 6.24. The normalized spacial score (nSPS) is 11.3. The number of hydrogen-bond acceptors (Lipinski definition) is 4. The van der Waals surface area contributed by atoms with Crippen LogP contribution in [0.2, 0.25) is 0 Å². The van der Waals surface area contributed by atoms with Crippen molar-refractivity contribution in [3.8, 4) is 11.3 Å². The lowest BCUT2D eigenvalue weighted by Crippen LogP contribution is -2.31. The van der Waals surface area contributed by atoms with Crippen LogP contribution in [0.3, 0.4) is 0 Å². The van der Waals surface area contributed by atoms with Crippen LogP contribution in [0.4, 0.5) is 5.82 Å². The summed E-state index contributed by atoms with van der Waals surface area (Å²) in [4.78, 5) is 4.44. The first-order chi connectivity index (χ1) is 14.1. The van der Waals surface area contributed by atoms with Crippen molar-refractivity contribution < 1.29 is 8.42 Å². The number of benzene rings is 2. The Kier molecular flexibility index (Phi) is 5.14. The molecule has 0 bridgehead atoms. The third-order valence-electron chi connectivity index (χ3n) is 4.48. The van der Waals surface area contributed by atoms with Gasteiger partial charge in [-0.15, -0.1) is 0 Å². The van der Waals surface area contributed by atoms with Crippen molar-refractivity contribution in [3.63, 3.8) is 0 Å². The largest absolute Gasteiger partial charge is 0.274 e. The highest BCUT2D eigenvalue weighted by atomic mass is 32.2. The molecule has 0 spiro atoms. The average Bonchev–Trinajstić information content (AvgIpc) is 3.16. The average molecular weight is 404 g/mol. The van der Waals surface area contributed by atoms with Gasteiger partial charge in [-0.2, -0.15) is 5.10 Å². The lowest BCUT2D eigenvalue weighted by atomic mass is 10.2. The molecule has 2 aromatic heterocycles. The molecule has 0 aliphatic carbocycles. The van der Waals surface area contributed by atoms with Crippen LogP contribution in [0.1, 0.15) is 5.56 Å². The fourth-order valence-corrected chi connectivity index (χ4v) is 4.71. The Morgan fingerprint density at radius 2 is 1.55 bits per heavy atom. The minimum Gasteiger partial charge on any atom is -0.274 e. The summed E-state index contributed by atoms with van der Waals surface area (Å²) in [5.41, 5.74) is 2.03. The first-order valence-corrected chi connectivity index (χ1v) is 10.6. The summed E-state index contributed by atoms with van der Waals surface area (Å²) in [5, 5.41) is 4.42. The summed E-state index contributed by atoms with van der Waals surface area (Å²) in [7, 11) is -2.21. The molecule has 6 nitrogen and oxygen atoms in total. The zero-order valence-corrected chi connectivity index (χ0v) is 16.7. The molecule has 0 radical (unpaired) electrons. The second-order valence-corrected chi connectivity index (χ2v) is 8.40. The van der Waals surface area contributed by atoms with Crippen molar-refractivity contribution in [3.05, 3.63) is 96.8 Å². The summed E-state index contributed by atoms with van der Waals surface area (Å²) in [6, 6.07) is 24.0. The van der Waals surface area contributed by atoms with Crippen molar-refractivity contribution in [1.29, 1.82) is 0 Å². The van der Waals surface area contributed by atoms with E-state index in [1.165, 1.54) is 8.99 Å². The van der Waals surface area contributed by atoms with E-state index in [1.54, 1.807) is 37.6 Å². The highest BCUT2D eigenvalue weighted by Gasteiger charge is 2.31. The van der Waals surface area contributed by atoms with E-state index in [4.69, 9.17) is 0 Å². The number of aromatic nitrogens is 3. The Labute approximate surface area is 170 Å². The molecule has 0 saturated heterocycles. The standard InChI is InChI=1S/C22H20N4O2S/c1-25-17-20(22(24-25)19-12-6-3-7-13-19)29(27,28)26(21-14-8-9-15-23-21)16-18-10-4-2-5-11-18/h2-15,17H,16H2,1H3. The fraction of sp³-hybridized carbons (Fsp3) is 0.0909. The molecule has 0 unspecified atom stereocenters. The number of rotatable bonds is 6. The van der Waals surface area contributed by atoms with Crippen LogP contribution in [0.15, 0.2) is 96.2 Å². The zero-order valence-electron chi connectivity index (χ0n) is 15.9. The van der Waals surface area contributed by atoms with Gasteiger partial charge in [-0.1, -0.05) is 66.7 Å². The third kappa shape index (κ3) is 3.90. The van der Waals surface area contributed by atoms with Gasteiger partial charge in [0.2, 0.25) is 0 Å². The molecule has 0 fully saturated rings. The molecule has 4 aromatic rings. The summed E-state index contributed by atoms with van der Waals surface area (Å²) < 4.78 is 30.4. The molecule has 0 aliphatic heterocycles. The predicted molar refractivity (Wildman–Crippen MR) is 113 cm³/mol. The van der Waals surface area contributed by atoms with Gasteiger partial charge >= 0.3 is 0 Å².